The number of nitrogens with two attached hydrogens (primary N) is 1. The fourth-order valence-corrected chi connectivity index (χ4v) is 4.39. The quantitative estimate of drug-likeness (QED) is 0.860. The number of fused-ring (bicyclic) bond motifs is 2. The summed E-state index contributed by atoms with van der Waals surface area (Å²) < 4.78 is 0. The second kappa shape index (κ2) is 5.36. The summed E-state index contributed by atoms with van der Waals surface area (Å²) in [6.07, 6.45) is 5.80. The zero-order valence-corrected chi connectivity index (χ0v) is 13.2. The molecule has 0 saturated heterocycles. The molecule has 108 valence electrons. The molecule has 3 rings (SSSR count). The van der Waals surface area contributed by atoms with Crippen LogP contribution in [-0.2, 0) is 0 Å². The first kappa shape index (κ1) is 13.9. The van der Waals surface area contributed by atoms with Crippen LogP contribution >= 0.6 is 12.2 Å². The van der Waals surface area contributed by atoms with Gasteiger partial charge in [-0.2, -0.15) is 0 Å². The first-order valence-electron chi connectivity index (χ1n) is 7.66. The average Bonchev–Trinajstić information content (AvgIpc) is 3.00. The molecule has 0 aromatic heterocycles. The zero-order chi connectivity index (χ0) is 14.3. The monoisotopic (exact) mass is 288 g/mol. The third kappa shape index (κ3) is 2.56. The number of nitrogens with zero attached hydrogens (tertiary/aromatic N) is 1. The van der Waals surface area contributed by atoms with Crippen molar-refractivity contribution in [3.05, 3.63) is 29.3 Å². The molecule has 0 heterocycles. The van der Waals surface area contributed by atoms with Crippen LogP contribution in [0.1, 0.15) is 36.8 Å². The van der Waals surface area contributed by atoms with E-state index in [4.69, 9.17) is 18.0 Å². The van der Waals surface area contributed by atoms with E-state index in [1.807, 2.05) is 0 Å². The first-order valence-corrected chi connectivity index (χ1v) is 8.07. The van der Waals surface area contributed by atoms with E-state index in [2.05, 4.69) is 37.1 Å². The van der Waals surface area contributed by atoms with Crippen LogP contribution < -0.4 is 10.6 Å². The fourth-order valence-electron chi connectivity index (χ4n) is 4.23. The van der Waals surface area contributed by atoms with Gasteiger partial charge in [0.2, 0.25) is 0 Å². The van der Waals surface area contributed by atoms with E-state index in [-0.39, 0.29) is 0 Å². The number of thiocarbonyl (C=S) groups is 1. The Kier molecular flexibility index (Phi) is 3.72. The molecule has 1 aromatic rings. The van der Waals surface area contributed by atoms with Crippen molar-refractivity contribution in [2.75, 3.05) is 18.5 Å². The zero-order valence-electron chi connectivity index (χ0n) is 12.4. The lowest BCUT2D eigenvalue weighted by Crippen LogP contribution is -2.30. The molecule has 0 radical (unpaired) electrons. The van der Waals surface area contributed by atoms with E-state index in [0.29, 0.717) is 4.99 Å². The smallest absolute Gasteiger partial charge is 0.106 e. The molecule has 2 N–H and O–H groups in total. The maximum atomic E-state index is 5.89. The molecular weight excluding hydrogens is 264 g/mol. The van der Waals surface area contributed by atoms with Gasteiger partial charge in [0, 0.05) is 24.8 Å². The second-order valence-electron chi connectivity index (χ2n) is 6.70. The standard InChI is InChI=1S/C17H24N2S/c1-11-3-6-16(15(7-11)17(18)20)19(2)10-14-9-12-4-5-13(14)8-12/h3,6-7,12-14H,4-5,8-10H2,1-2H3,(H2,18,20). The van der Waals surface area contributed by atoms with Crippen molar-refractivity contribution in [1.82, 2.24) is 0 Å². The van der Waals surface area contributed by atoms with Gasteiger partial charge in [-0.05, 0) is 56.1 Å². The lowest BCUT2D eigenvalue weighted by atomic mass is 9.88. The van der Waals surface area contributed by atoms with Crippen LogP contribution in [0.15, 0.2) is 18.2 Å². The topological polar surface area (TPSA) is 29.3 Å². The van der Waals surface area contributed by atoms with Crippen LogP contribution in [0.4, 0.5) is 5.69 Å². The van der Waals surface area contributed by atoms with Gasteiger partial charge < -0.3 is 10.6 Å². The number of hydrogen-bond donors (Lipinski definition) is 1. The van der Waals surface area contributed by atoms with E-state index >= 15 is 0 Å². The summed E-state index contributed by atoms with van der Waals surface area (Å²) in [5.41, 5.74) is 9.31. The predicted octanol–water partition coefficient (Wildman–Crippen LogP) is 3.50. The van der Waals surface area contributed by atoms with Crippen molar-refractivity contribution < 1.29 is 0 Å². The molecule has 0 amide bonds. The van der Waals surface area contributed by atoms with Crippen LogP contribution in [0.3, 0.4) is 0 Å². The molecule has 0 aliphatic heterocycles. The third-order valence-corrected chi connectivity index (χ3v) is 5.44. The number of hydrogen-bond acceptors (Lipinski definition) is 2. The number of benzene rings is 1. The normalized spacial score (nSPS) is 27.8. The van der Waals surface area contributed by atoms with Gasteiger partial charge >= 0.3 is 0 Å². The van der Waals surface area contributed by atoms with E-state index in [9.17, 15) is 0 Å². The summed E-state index contributed by atoms with van der Waals surface area (Å²) in [4.78, 5) is 2.86. The van der Waals surface area contributed by atoms with Gasteiger partial charge in [0.25, 0.3) is 0 Å². The molecule has 2 aliphatic rings. The predicted molar refractivity (Wildman–Crippen MR) is 89.3 cm³/mol. The highest BCUT2D eigenvalue weighted by Crippen LogP contribution is 2.48. The van der Waals surface area contributed by atoms with E-state index in [1.165, 1.54) is 36.9 Å². The molecule has 2 nitrogen and oxygen atoms in total. The van der Waals surface area contributed by atoms with Crippen molar-refractivity contribution >= 4 is 22.9 Å². The Balaban J connectivity index is 1.77. The first-order chi connectivity index (χ1) is 9.54. The summed E-state index contributed by atoms with van der Waals surface area (Å²) in [6.45, 7) is 3.22. The molecule has 3 atom stereocenters. The van der Waals surface area contributed by atoms with E-state index in [1.54, 1.807) is 0 Å². The highest BCUT2D eigenvalue weighted by atomic mass is 32.1. The fraction of sp³-hybridized carbons (Fsp3) is 0.588. The van der Waals surface area contributed by atoms with E-state index in [0.717, 1.165) is 29.9 Å². The van der Waals surface area contributed by atoms with Crippen molar-refractivity contribution in [2.45, 2.75) is 32.6 Å². The molecule has 3 heteroatoms. The lowest BCUT2D eigenvalue weighted by Gasteiger charge is -2.30. The Morgan fingerprint density at radius 2 is 2.15 bits per heavy atom. The van der Waals surface area contributed by atoms with Crippen LogP contribution in [0.2, 0.25) is 0 Å². The van der Waals surface area contributed by atoms with Crippen molar-refractivity contribution in [3.8, 4) is 0 Å². The highest BCUT2D eigenvalue weighted by Gasteiger charge is 2.39. The number of anilines is 1. The molecule has 2 fully saturated rings. The van der Waals surface area contributed by atoms with Crippen molar-refractivity contribution in [3.63, 3.8) is 0 Å². The Morgan fingerprint density at radius 1 is 1.35 bits per heavy atom. The van der Waals surface area contributed by atoms with Crippen LogP contribution in [-0.4, -0.2) is 18.6 Å². The summed E-state index contributed by atoms with van der Waals surface area (Å²) in [7, 11) is 2.18. The summed E-state index contributed by atoms with van der Waals surface area (Å²) in [5, 5.41) is 0. The molecule has 0 spiro atoms. The van der Waals surface area contributed by atoms with Crippen molar-refractivity contribution in [1.29, 1.82) is 0 Å². The molecule has 20 heavy (non-hydrogen) atoms. The Hall–Kier alpha value is -1.09. The maximum absolute atomic E-state index is 5.89. The average molecular weight is 288 g/mol. The van der Waals surface area contributed by atoms with Gasteiger partial charge in [0.15, 0.2) is 0 Å². The lowest BCUT2D eigenvalue weighted by molar-refractivity contribution is 0.337. The highest BCUT2D eigenvalue weighted by molar-refractivity contribution is 7.80. The Labute approximate surface area is 127 Å². The van der Waals surface area contributed by atoms with Crippen molar-refractivity contribution in [2.24, 2.45) is 23.5 Å². The Bertz CT molecular complexity index is 526. The minimum Gasteiger partial charge on any atom is -0.389 e. The molecule has 2 aliphatic carbocycles. The van der Waals surface area contributed by atoms with Gasteiger partial charge in [0.05, 0.1) is 0 Å². The van der Waals surface area contributed by atoms with Crippen LogP contribution in [0.25, 0.3) is 0 Å². The number of aryl methyl sites for hydroxylation is 1. The minimum absolute atomic E-state index is 0.503. The van der Waals surface area contributed by atoms with Gasteiger partial charge in [0.1, 0.15) is 4.99 Å². The summed E-state index contributed by atoms with van der Waals surface area (Å²) >= 11 is 5.22. The molecular formula is C17H24N2S. The second-order valence-corrected chi connectivity index (χ2v) is 7.14. The number of rotatable bonds is 4. The Morgan fingerprint density at radius 3 is 2.75 bits per heavy atom. The van der Waals surface area contributed by atoms with Gasteiger partial charge in [-0.3, -0.25) is 0 Å². The summed E-state index contributed by atoms with van der Waals surface area (Å²) in [5.74, 6) is 2.83. The van der Waals surface area contributed by atoms with Crippen LogP contribution in [0, 0.1) is 24.7 Å². The molecule has 2 bridgehead atoms. The van der Waals surface area contributed by atoms with Gasteiger partial charge in [-0.1, -0.05) is 30.3 Å². The molecule has 1 aromatic carbocycles. The molecule has 2 saturated carbocycles. The van der Waals surface area contributed by atoms with Gasteiger partial charge in [-0.15, -0.1) is 0 Å². The SMILES string of the molecule is Cc1ccc(N(C)CC2CC3CCC2C3)c(C(N)=S)c1. The third-order valence-electron chi connectivity index (χ3n) is 5.22. The maximum Gasteiger partial charge on any atom is 0.106 e. The van der Waals surface area contributed by atoms with Crippen LogP contribution in [0.5, 0.6) is 0 Å². The largest absolute Gasteiger partial charge is 0.389 e. The summed E-state index contributed by atoms with van der Waals surface area (Å²) in [6, 6.07) is 6.42. The minimum atomic E-state index is 0.503. The van der Waals surface area contributed by atoms with E-state index < -0.39 is 0 Å². The van der Waals surface area contributed by atoms with Gasteiger partial charge in [-0.25, -0.2) is 0 Å². The molecule has 3 unspecified atom stereocenters.